The van der Waals surface area contributed by atoms with Gasteiger partial charge in [-0.2, -0.15) is 0 Å². The molecule has 0 radical (unpaired) electrons. The van der Waals surface area contributed by atoms with Crippen LogP contribution in [0.1, 0.15) is 26.7 Å². The number of carboxylic acid groups (broad SMARTS) is 2. The van der Waals surface area contributed by atoms with Crippen LogP contribution in [-0.4, -0.2) is 40.9 Å². The quantitative estimate of drug-likeness (QED) is 0.390. The molecule has 0 rings (SSSR count). The van der Waals surface area contributed by atoms with Crippen LogP contribution < -0.4 is 5.32 Å². The molecule has 0 bridgehead atoms. The zero-order valence-electron chi connectivity index (χ0n) is 10.4. The molecule has 0 aliphatic heterocycles. The number of hydrogen-bond acceptors (Lipinski definition) is 3. The lowest BCUT2D eigenvalue weighted by molar-refractivity contribution is -0.134. The van der Waals surface area contributed by atoms with E-state index in [-0.39, 0.29) is 6.03 Å². The summed E-state index contributed by atoms with van der Waals surface area (Å²) in [6.07, 6.45) is 4.72. The van der Waals surface area contributed by atoms with E-state index < -0.39 is 11.9 Å². The van der Waals surface area contributed by atoms with E-state index in [1.807, 2.05) is 0 Å². The molecule has 0 fully saturated rings. The van der Waals surface area contributed by atoms with Crippen molar-refractivity contribution in [1.82, 2.24) is 5.32 Å². The highest BCUT2D eigenvalue weighted by Gasteiger charge is 1.91. The van der Waals surface area contributed by atoms with E-state index in [0.717, 1.165) is 19.4 Å². The van der Waals surface area contributed by atoms with E-state index in [9.17, 15) is 14.4 Å². The molecule has 7 heteroatoms. The van der Waals surface area contributed by atoms with Crippen molar-refractivity contribution in [3.05, 3.63) is 12.2 Å². The van der Waals surface area contributed by atoms with Gasteiger partial charge in [0.05, 0.1) is 0 Å². The Hall–Kier alpha value is -2.18. The maximum Gasteiger partial charge on any atom is 0.340 e. The molecule has 0 atom stereocenters. The molecule has 3 N–H and O–H groups in total. The Labute approximate surface area is 105 Å². The second-order valence-corrected chi connectivity index (χ2v) is 2.98. The molecule has 102 valence electrons. The number of aliphatic imine (C=N–C) groups is 1. The number of carbonyl (C=O) groups is 3. The highest BCUT2D eigenvalue weighted by atomic mass is 16.4. The van der Waals surface area contributed by atoms with Gasteiger partial charge in [-0.1, -0.05) is 13.3 Å². The van der Waals surface area contributed by atoms with Crippen molar-refractivity contribution in [1.29, 1.82) is 0 Å². The number of nitrogens with zero attached hydrogens (tertiary/aromatic N) is 1. The number of nitrogens with one attached hydrogen (secondary N) is 1. The predicted octanol–water partition coefficient (Wildman–Crippen LogP) is 1.30. The highest BCUT2D eigenvalue weighted by molar-refractivity contribution is 5.89. The third-order valence-corrected chi connectivity index (χ3v) is 1.42. The number of amides is 2. The molecule has 0 spiro atoms. The van der Waals surface area contributed by atoms with E-state index in [1.165, 1.54) is 6.21 Å². The van der Waals surface area contributed by atoms with Gasteiger partial charge in [-0.15, -0.1) is 0 Å². The fourth-order valence-electron chi connectivity index (χ4n) is 0.678. The summed E-state index contributed by atoms with van der Waals surface area (Å²) >= 11 is 0. The molecular formula is C11H18N2O5. The van der Waals surface area contributed by atoms with E-state index in [1.54, 1.807) is 6.92 Å². The van der Waals surface area contributed by atoms with Crippen LogP contribution >= 0.6 is 0 Å². The number of carbonyl (C=O) groups excluding carboxylic acids is 1. The summed E-state index contributed by atoms with van der Waals surface area (Å²) in [6, 6.07) is -0.240. The smallest absolute Gasteiger partial charge is 0.340 e. The molecule has 7 nitrogen and oxygen atoms in total. The molecule has 0 aromatic rings. The minimum absolute atomic E-state index is 0.240. The van der Waals surface area contributed by atoms with Crippen molar-refractivity contribution in [3.63, 3.8) is 0 Å². The van der Waals surface area contributed by atoms with Gasteiger partial charge in [0.15, 0.2) is 0 Å². The molecule has 0 saturated heterocycles. The van der Waals surface area contributed by atoms with Gasteiger partial charge in [-0.05, 0) is 13.3 Å². The molecule has 0 aromatic heterocycles. The van der Waals surface area contributed by atoms with Crippen LogP contribution in [-0.2, 0) is 9.59 Å². The van der Waals surface area contributed by atoms with E-state index in [2.05, 4.69) is 17.2 Å². The van der Waals surface area contributed by atoms with Crippen LogP contribution in [0.25, 0.3) is 0 Å². The monoisotopic (exact) mass is 258 g/mol. The number of aliphatic carboxylic acids is 2. The lowest BCUT2D eigenvalue weighted by atomic mass is 10.3. The van der Waals surface area contributed by atoms with Gasteiger partial charge >= 0.3 is 18.0 Å². The maximum atomic E-state index is 10.6. The van der Waals surface area contributed by atoms with Gasteiger partial charge in [0.1, 0.15) is 0 Å². The third kappa shape index (κ3) is 19.4. The minimum atomic E-state index is -1.26. The van der Waals surface area contributed by atoms with Gasteiger partial charge in [0.2, 0.25) is 0 Å². The van der Waals surface area contributed by atoms with Crippen molar-refractivity contribution >= 4 is 24.2 Å². The first-order chi connectivity index (χ1) is 8.43. The first-order valence-corrected chi connectivity index (χ1v) is 5.34. The third-order valence-electron chi connectivity index (χ3n) is 1.42. The van der Waals surface area contributed by atoms with Crippen LogP contribution in [0.15, 0.2) is 17.1 Å². The Morgan fingerprint density at radius 1 is 1.17 bits per heavy atom. The number of urea groups is 1. The molecule has 0 unspecified atom stereocenters. The maximum absolute atomic E-state index is 10.6. The average molecular weight is 258 g/mol. The number of carboxylic acids is 2. The lowest BCUT2D eigenvalue weighted by Gasteiger charge is -1.96. The Morgan fingerprint density at radius 3 is 2.00 bits per heavy atom. The summed E-state index contributed by atoms with van der Waals surface area (Å²) in [7, 11) is 0. The van der Waals surface area contributed by atoms with Gasteiger partial charge in [0.25, 0.3) is 0 Å². The van der Waals surface area contributed by atoms with Crippen molar-refractivity contribution in [2.45, 2.75) is 26.7 Å². The minimum Gasteiger partial charge on any atom is -0.478 e. The summed E-state index contributed by atoms with van der Waals surface area (Å²) < 4.78 is 0. The zero-order chi connectivity index (χ0) is 14.4. The van der Waals surface area contributed by atoms with Gasteiger partial charge in [0, 0.05) is 24.9 Å². The van der Waals surface area contributed by atoms with Gasteiger partial charge in [-0.3, -0.25) is 0 Å². The van der Waals surface area contributed by atoms with E-state index >= 15 is 0 Å². The fraction of sp³-hybridized carbons (Fsp3) is 0.455. The normalized spacial score (nSPS) is 9.89. The molecule has 18 heavy (non-hydrogen) atoms. The Morgan fingerprint density at radius 2 is 1.67 bits per heavy atom. The molecule has 0 aliphatic carbocycles. The van der Waals surface area contributed by atoms with Crippen molar-refractivity contribution in [3.8, 4) is 0 Å². The molecule has 0 aromatic carbocycles. The number of unbranched alkanes of at least 4 members (excludes halogenated alkanes) is 1. The Balaban J connectivity index is 0. The summed E-state index contributed by atoms with van der Waals surface area (Å²) in [4.78, 5) is 33.2. The predicted molar refractivity (Wildman–Crippen MR) is 66.9 cm³/mol. The van der Waals surface area contributed by atoms with Crippen molar-refractivity contribution in [2.24, 2.45) is 4.99 Å². The summed E-state index contributed by atoms with van der Waals surface area (Å²) in [6.45, 7) is 4.53. The van der Waals surface area contributed by atoms with Crippen LogP contribution in [0.3, 0.4) is 0 Å². The van der Waals surface area contributed by atoms with Crippen molar-refractivity contribution in [2.75, 3.05) is 6.54 Å². The second kappa shape index (κ2) is 12.9. The molecule has 0 heterocycles. The molecule has 2 amide bonds. The largest absolute Gasteiger partial charge is 0.478 e. The summed E-state index contributed by atoms with van der Waals surface area (Å²) in [5.41, 5.74) is 0. The zero-order valence-corrected chi connectivity index (χ0v) is 10.4. The molecule has 0 saturated carbocycles. The first kappa shape index (κ1) is 18.2. The molecular weight excluding hydrogens is 240 g/mol. The molecule has 0 aliphatic rings. The highest BCUT2D eigenvalue weighted by Crippen LogP contribution is 1.82. The summed E-state index contributed by atoms with van der Waals surface area (Å²) in [5.74, 6) is -2.51. The van der Waals surface area contributed by atoms with Crippen LogP contribution in [0.2, 0.25) is 0 Å². The van der Waals surface area contributed by atoms with E-state index in [0.29, 0.717) is 12.2 Å². The lowest BCUT2D eigenvalue weighted by Crippen LogP contribution is -2.20. The standard InChI is InChI=1S/C7H14N2O.C4H4O4/c1-3-5-6-9-7(10)8-4-2;5-3(6)1-2-4(7)8/h4H,3,5-6H2,1-2H3,(H,9,10);1-2H,(H,5,6)(H,7,8)/b;2-1+. The van der Waals surface area contributed by atoms with Crippen LogP contribution in [0.4, 0.5) is 4.79 Å². The average Bonchev–Trinajstić information content (AvgIpc) is 2.28. The first-order valence-electron chi connectivity index (χ1n) is 5.34. The van der Waals surface area contributed by atoms with E-state index in [4.69, 9.17) is 10.2 Å². The van der Waals surface area contributed by atoms with Gasteiger partial charge in [-0.25, -0.2) is 19.4 Å². The van der Waals surface area contributed by atoms with Crippen LogP contribution in [0, 0.1) is 0 Å². The van der Waals surface area contributed by atoms with Crippen LogP contribution in [0.5, 0.6) is 0 Å². The van der Waals surface area contributed by atoms with Gasteiger partial charge < -0.3 is 15.5 Å². The topological polar surface area (TPSA) is 116 Å². The number of rotatable bonds is 5. The number of hydrogen-bond donors (Lipinski definition) is 3. The Bertz CT molecular complexity index is 307. The Kier molecular flexibility index (Phi) is 13.0. The van der Waals surface area contributed by atoms with Crippen molar-refractivity contribution < 1.29 is 24.6 Å². The SMILES string of the molecule is CC=NC(=O)NCCCC.O=C(O)/C=C/C(=O)O. The fourth-order valence-corrected chi connectivity index (χ4v) is 0.678. The summed E-state index contributed by atoms with van der Waals surface area (Å²) in [5, 5.41) is 18.3. The second-order valence-electron chi connectivity index (χ2n) is 2.98.